The summed E-state index contributed by atoms with van der Waals surface area (Å²) < 4.78 is 0. The van der Waals surface area contributed by atoms with Crippen molar-refractivity contribution in [2.75, 3.05) is 0 Å². The van der Waals surface area contributed by atoms with Crippen molar-refractivity contribution in [3.8, 4) is 0 Å². The van der Waals surface area contributed by atoms with Crippen molar-refractivity contribution >= 4 is 5.57 Å². The van der Waals surface area contributed by atoms with Crippen molar-refractivity contribution in [3.63, 3.8) is 0 Å². The fraction of sp³-hybridized carbons (Fsp3) is 0.200. The molecule has 0 aliphatic heterocycles. The van der Waals surface area contributed by atoms with Gasteiger partial charge in [0, 0.05) is 0 Å². The van der Waals surface area contributed by atoms with Crippen molar-refractivity contribution in [2.24, 2.45) is 0 Å². The first-order valence-electron chi connectivity index (χ1n) is 5.30. The summed E-state index contributed by atoms with van der Waals surface area (Å²) in [6, 6.07) is 10.6. The van der Waals surface area contributed by atoms with E-state index in [2.05, 4.69) is 56.8 Å². The second kappa shape index (κ2) is 3.90. The number of allylic oxidation sites excluding steroid dienone is 5. The molecule has 2 rings (SSSR count). The zero-order valence-electron chi connectivity index (χ0n) is 9.38. The van der Waals surface area contributed by atoms with Gasteiger partial charge in [0.15, 0.2) is 0 Å². The number of hydrogen-bond acceptors (Lipinski definition) is 0. The Morgan fingerprint density at radius 2 is 1.73 bits per heavy atom. The third-order valence-electron chi connectivity index (χ3n) is 2.94. The van der Waals surface area contributed by atoms with E-state index in [0.717, 1.165) is 6.42 Å². The molecule has 0 spiro atoms. The Labute approximate surface area is 91.6 Å². The van der Waals surface area contributed by atoms with Crippen LogP contribution in [0.1, 0.15) is 25.8 Å². The van der Waals surface area contributed by atoms with Crippen molar-refractivity contribution in [2.45, 2.75) is 20.3 Å². The van der Waals surface area contributed by atoms with Gasteiger partial charge in [-0.25, -0.2) is 0 Å². The van der Waals surface area contributed by atoms with E-state index in [0.29, 0.717) is 0 Å². The van der Waals surface area contributed by atoms with Crippen molar-refractivity contribution in [1.82, 2.24) is 0 Å². The Morgan fingerprint density at radius 3 is 2.40 bits per heavy atom. The van der Waals surface area contributed by atoms with Gasteiger partial charge in [-0.1, -0.05) is 48.6 Å². The average Bonchev–Trinajstić information content (AvgIpc) is 2.25. The lowest BCUT2D eigenvalue weighted by molar-refractivity contribution is 1.10. The molecule has 0 aromatic heterocycles. The van der Waals surface area contributed by atoms with E-state index in [1.165, 1.54) is 27.9 Å². The zero-order valence-corrected chi connectivity index (χ0v) is 9.38. The molecule has 0 radical (unpaired) electrons. The molecule has 0 saturated heterocycles. The van der Waals surface area contributed by atoms with Crippen LogP contribution in [0.15, 0.2) is 59.7 Å². The molecular weight excluding hydrogens is 180 g/mol. The minimum absolute atomic E-state index is 1.01. The highest BCUT2D eigenvalue weighted by Crippen LogP contribution is 2.32. The van der Waals surface area contributed by atoms with Crippen LogP contribution >= 0.6 is 0 Å². The minimum atomic E-state index is 1.01. The molecule has 0 saturated carbocycles. The molecule has 1 aliphatic carbocycles. The van der Waals surface area contributed by atoms with Crippen LogP contribution in [0.25, 0.3) is 5.57 Å². The first-order valence-corrected chi connectivity index (χ1v) is 5.30. The number of hydrogen-bond donors (Lipinski definition) is 0. The summed E-state index contributed by atoms with van der Waals surface area (Å²) in [5.74, 6) is 0. The molecule has 0 atom stereocenters. The molecule has 1 aromatic carbocycles. The Balaban J connectivity index is 2.47. The van der Waals surface area contributed by atoms with Crippen LogP contribution < -0.4 is 0 Å². The summed E-state index contributed by atoms with van der Waals surface area (Å²) in [6.45, 7) is 8.40. The summed E-state index contributed by atoms with van der Waals surface area (Å²) in [4.78, 5) is 0. The van der Waals surface area contributed by atoms with E-state index in [9.17, 15) is 0 Å². The summed E-state index contributed by atoms with van der Waals surface area (Å²) in [5.41, 5.74) is 6.63. The average molecular weight is 196 g/mol. The molecule has 15 heavy (non-hydrogen) atoms. The lowest BCUT2D eigenvalue weighted by Gasteiger charge is -2.18. The van der Waals surface area contributed by atoms with Crippen LogP contribution in [0, 0.1) is 0 Å². The maximum Gasteiger partial charge on any atom is -0.00639 e. The second-order valence-corrected chi connectivity index (χ2v) is 4.17. The molecule has 0 N–H and O–H groups in total. The van der Waals surface area contributed by atoms with E-state index in [-0.39, 0.29) is 0 Å². The molecular formula is C15H16. The largest absolute Gasteiger partial charge is 0.0952 e. The van der Waals surface area contributed by atoms with Crippen molar-refractivity contribution in [3.05, 3.63) is 65.3 Å². The summed E-state index contributed by atoms with van der Waals surface area (Å²) in [6.07, 6.45) is 3.25. The van der Waals surface area contributed by atoms with Gasteiger partial charge in [-0.2, -0.15) is 0 Å². The van der Waals surface area contributed by atoms with E-state index in [4.69, 9.17) is 0 Å². The highest BCUT2D eigenvalue weighted by molar-refractivity contribution is 5.80. The van der Waals surface area contributed by atoms with Gasteiger partial charge in [-0.15, -0.1) is 0 Å². The summed E-state index contributed by atoms with van der Waals surface area (Å²) in [5, 5.41) is 0. The number of benzene rings is 1. The van der Waals surface area contributed by atoms with Gasteiger partial charge in [0.25, 0.3) is 0 Å². The molecule has 0 heteroatoms. The first-order chi connectivity index (χ1) is 7.18. The van der Waals surface area contributed by atoms with Crippen LogP contribution in [0.3, 0.4) is 0 Å². The second-order valence-electron chi connectivity index (χ2n) is 4.17. The summed E-state index contributed by atoms with van der Waals surface area (Å²) >= 11 is 0. The molecule has 76 valence electrons. The van der Waals surface area contributed by atoms with Gasteiger partial charge in [0.1, 0.15) is 0 Å². The standard InChI is InChI=1S/C15H16/c1-11-9-13(3)15(10-12(11)2)14-7-5-4-6-8-14/h4-8,10H,1,9H2,2-3H3. The van der Waals surface area contributed by atoms with E-state index >= 15 is 0 Å². The Hall–Kier alpha value is -1.56. The highest BCUT2D eigenvalue weighted by Gasteiger charge is 2.11. The van der Waals surface area contributed by atoms with Crippen LogP contribution in [-0.4, -0.2) is 0 Å². The SMILES string of the molecule is C=C1CC(C)=C(c2ccccc2)C=C1C. The lowest BCUT2D eigenvalue weighted by Crippen LogP contribution is -1.97. The monoisotopic (exact) mass is 196 g/mol. The van der Waals surface area contributed by atoms with Gasteiger partial charge < -0.3 is 0 Å². The molecule has 0 bridgehead atoms. The Morgan fingerprint density at radius 1 is 1.07 bits per heavy atom. The minimum Gasteiger partial charge on any atom is -0.0952 e. The molecule has 1 aliphatic rings. The predicted molar refractivity (Wildman–Crippen MR) is 66.6 cm³/mol. The molecule has 0 nitrogen and oxygen atoms in total. The first kappa shape index (κ1) is 9.97. The van der Waals surface area contributed by atoms with E-state index in [1.54, 1.807) is 0 Å². The van der Waals surface area contributed by atoms with Gasteiger partial charge in [-0.05, 0) is 42.6 Å². The van der Waals surface area contributed by atoms with E-state index < -0.39 is 0 Å². The van der Waals surface area contributed by atoms with Gasteiger partial charge in [0.2, 0.25) is 0 Å². The Bertz CT molecular complexity index is 444. The topological polar surface area (TPSA) is 0 Å². The molecule has 0 fully saturated rings. The van der Waals surface area contributed by atoms with Crippen molar-refractivity contribution in [1.29, 1.82) is 0 Å². The quantitative estimate of drug-likeness (QED) is 0.625. The molecule has 0 heterocycles. The van der Waals surface area contributed by atoms with Gasteiger partial charge in [-0.3, -0.25) is 0 Å². The van der Waals surface area contributed by atoms with Crippen LogP contribution in [-0.2, 0) is 0 Å². The summed E-state index contributed by atoms with van der Waals surface area (Å²) in [7, 11) is 0. The van der Waals surface area contributed by atoms with Crippen LogP contribution in [0.2, 0.25) is 0 Å². The predicted octanol–water partition coefficient (Wildman–Crippen LogP) is 4.37. The maximum atomic E-state index is 4.07. The zero-order chi connectivity index (χ0) is 10.8. The smallest absolute Gasteiger partial charge is 0.00639 e. The van der Waals surface area contributed by atoms with Crippen molar-refractivity contribution < 1.29 is 0 Å². The number of rotatable bonds is 1. The fourth-order valence-corrected chi connectivity index (χ4v) is 1.94. The van der Waals surface area contributed by atoms with Gasteiger partial charge in [0.05, 0.1) is 0 Å². The van der Waals surface area contributed by atoms with Gasteiger partial charge >= 0.3 is 0 Å². The highest BCUT2D eigenvalue weighted by atomic mass is 14.2. The van der Waals surface area contributed by atoms with Crippen LogP contribution in [0.4, 0.5) is 0 Å². The van der Waals surface area contributed by atoms with Crippen LogP contribution in [0.5, 0.6) is 0 Å². The molecule has 0 amide bonds. The normalized spacial score (nSPS) is 16.7. The third-order valence-corrected chi connectivity index (χ3v) is 2.94. The maximum absolute atomic E-state index is 4.07. The molecule has 1 aromatic rings. The third kappa shape index (κ3) is 1.94. The van der Waals surface area contributed by atoms with E-state index in [1.807, 2.05) is 0 Å². The Kier molecular flexibility index (Phi) is 2.59. The lowest BCUT2D eigenvalue weighted by atomic mass is 9.87. The molecule has 0 unspecified atom stereocenters. The fourth-order valence-electron chi connectivity index (χ4n) is 1.94.